The van der Waals surface area contributed by atoms with Crippen molar-refractivity contribution in [3.8, 4) is 11.8 Å². The number of nitrogens with one attached hydrogen (secondary N) is 2. The van der Waals surface area contributed by atoms with Gasteiger partial charge in [0.2, 0.25) is 5.91 Å². The van der Waals surface area contributed by atoms with Gasteiger partial charge in [-0.3, -0.25) is 9.69 Å². The average Bonchev–Trinajstić information content (AvgIpc) is 3.80. The van der Waals surface area contributed by atoms with E-state index in [1.54, 1.807) is 24.3 Å². The Kier molecular flexibility index (Phi) is 8.66. The summed E-state index contributed by atoms with van der Waals surface area (Å²) < 4.78 is 29.1. The van der Waals surface area contributed by atoms with Gasteiger partial charge in [0, 0.05) is 29.8 Å². The average molecular weight is 569 g/mol. The lowest BCUT2D eigenvalue weighted by Crippen LogP contribution is -2.49. The summed E-state index contributed by atoms with van der Waals surface area (Å²) in [6.45, 7) is 2.52. The Morgan fingerprint density at radius 2 is 1.86 bits per heavy atom. The molecule has 3 aliphatic heterocycles. The molecule has 3 unspecified atom stereocenters. The van der Waals surface area contributed by atoms with Gasteiger partial charge >= 0.3 is 0 Å². The molecule has 4 aliphatic rings. The van der Waals surface area contributed by atoms with Gasteiger partial charge in [-0.05, 0) is 91.9 Å². The molecule has 1 amide bonds. The lowest BCUT2D eigenvalue weighted by molar-refractivity contribution is -0.117. The Morgan fingerprint density at radius 3 is 2.67 bits per heavy atom. The van der Waals surface area contributed by atoms with Gasteiger partial charge < -0.3 is 16.4 Å². The van der Waals surface area contributed by atoms with Crippen LogP contribution < -0.4 is 16.4 Å². The standard InChI is InChI=1S/C35H38F2N4O/c36-27-15-13-24(14-16-27)33(26-6-1-5-25(21-26)23-11-12-23)34(38)35(42)40-32-10-2-9-31(37)30(32)18-17-29-22-39-28-7-3-19-41(29)20-4-8-28/h1-2,5-6,9-10,13-16,21,23,28-29,33-34,39H,3,7,11-12,17-20,22,38H2,(H,40,42)/t28?,29?,33-,34-/m0/s1. The van der Waals surface area contributed by atoms with E-state index >= 15 is 4.39 Å². The van der Waals surface area contributed by atoms with Crippen molar-refractivity contribution in [2.75, 3.05) is 25.0 Å². The summed E-state index contributed by atoms with van der Waals surface area (Å²) >= 11 is 0. The van der Waals surface area contributed by atoms with Crippen molar-refractivity contribution in [1.82, 2.24) is 10.2 Å². The molecule has 42 heavy (non-hydrogen) atoms. The molecule has 0 aromatic heterocycles. The van der Waals surface area contributed by atoms with Crippen molar-refractivity contribution in [3.63, 3.8) is 0 Å². The molecule has 218 valence electrons. The number of carbonyl (C=O) groups is 1. The number of rotatable bonds is 9. The molecule has 0 spiro atoms. The number of nitrogens with zero attached hydrogens (tertiary/aromatic N) is 1. The monoisotopic (exact) mass is 568 g/mol. The Bertz CT molecular complexity index is 1480. The van der Waals surface area contributed by atoms with Gasteiger partial charge in [0.15, 0.2) is 0 Å². The number of anilines is 1. The number of benzene rings is 3. The first-order valence-corrected chi connectivity index (χ1v) is 15.1. The van der Waals surface area contributed by atoms with Crippen LogP contribution in [0.5, 0.6) is 0 Å². The van der Waals surface area contributed by atoms with Crippen LogP contribution >= 0.6 is 0 Å². The van der Waals surface area contributed by atoms with Crippen molar-refractivity contribution in [2.24, 2.45) is 5.73 Å². The first-order chi connectivity index (χ1) is 20.5. The second-order valence-electron chi connectivity index (χ2n) is 11.8. The van der Waals surface area contributed by atoms with Gasteiger partial charge in [-0.25, -0.2) is 8.78 Å². The van der Waals surface area contributed by atoms with Crippen LogP contribution in [-0.2, 0) is 11.2 Å². The van der Waals surface area contributed by atoms with E-state index in [9.17, 15) is 9.18 Å². The van der Waals surface area contributed by atoms with Gasteiger partial charge in [-0.15, -0.1) is 0 Å². The fraction of sp³-hybridized carbons (Fsp3) is 0.400. The highest BCUT2D eigenvalue weighted by molar-refractivity contribution is 5.96. The maximum atomic E-state index is 15.2. The van der Waals surface area contributed by atoms with E-state index in [2.05, 4.69) is 39.5 Å². The summed E-state index contributed by atoms with van der Waals surface area (Å²) in [6, 6.07) is 18.6. The van der Waals surface area contributed by atoms with Crippen molar-refractivity contribution in [3.05, 3.63) is 101 Å². The van der Waals surface area contributed by atoms with Crippen LogP contribution in [-0.4, -0.2) is 48.6 Å². The van der Waals surface area contributed by atoms with E-state index in [-0.39, 0.29) is 23.7 Å². The van der Waals surface area contributed by atoms with Gasteiger partial charge in [0.05, 0.1) is 18.6 Å². The second-order valence-corrected chi connectivity index (χ2v) is 11.8. The van der Waals surface area contributed by atoms with E-state index in [0.29, 0.717) is 23.6 Å². The molecular formula is C35H38F2N4O. The molecule has 3 heterocycles. The van der Waals surface area contributed by atoms with Crippen molar-refractivity contribution >= 4 is 11.6 Å². The summed E-state index contributed by atoms with van der Waals surface area (Å²) in [5.74, 6) is 5.53. The molecular weight excluding hydrogens is 530 g/mol. The molecule has 4 N–H and O–H groups in total. The molecule has 0 radical (unpaired) electrons. The van der Waals surface area contributed by atoms with E-state index in [4.69, 9.17) is 5.73 Å². The third-order valence-corrected chi connectivity index (χ3v) is 8.93. The molecule has 1 saturated carbocycles. The summed E-state index contributed by atoms with van der Waals surface area (Å²) in [5, 5.41) is 6.51. The number of carbonyl (C=O) groups excluding carboxylic acids is 1. The van der Waals surface area contributed by atoms with Gasteiger partial charge in [-0.2, -0.15) is 0 Å². The van der Waals surface area contributed by atoms with Crippen molar-refractivity contribution in [2.45, 2.75) is 68.5 Å². The van der Waals surface area contributed by atoms with Crippen LogP contribution in [0.1, 0.15) is 66.2 Å². The topological polar surface area (TPSA) is 70.4 Å². The molecule has 1 saturated heterocycles. The lowest BCUT2D eigenvalue weighted by Gasteiger charge is -2.35. The third-order valence-electron chi connectivity index (χ3n) is 8.93. The maximum absolute atomic E-state index is 15.2. The molecule has 1 aliphatic carbocycles. The SMILES string of the molecule is N[C@H](C(=O)Nc1cccc(F)c1CCC1CNC2C#CCN1CCC2)[C@@H](c1ccc(F)cc1)c1cccc(C2CC2)c1. The van der Waals surface area contributed by atoms with Crippen LogP contribution in [0.4, 0.5) is 14.5 Å². The number of fused-ring (bicyclic) bond motifs is 5. The Balaban J connectivity index is 1.22. The third kappa shape index (κ3) is 6.57. The summed E-state index contributed by atoms with van der Waals surface area (Å²) in [7, 11) is 0. The largest absolute Gasteiger partial charge is 0.324 e. The Labute approximate surface area is 246 Å². The van der Waals surface area contributed by atoms with E-state index < -0.39 is 17.9 Å². The fourth-order valence-corrected chi connectivity index (χ4v) is 6.39. The molecule has 5 atom stereocenters. The summed E-state index contributed by atoms with van der Waals surface area (Å²) in [5.41, 5.74) is 10.5. The van der Waals surface area contributed by atoms with E-state index in [1.807, 2.05) is 12.1 Å². The zero-order valence-electron chi connectivity index (χ0n) is 23.8. The van der Waals surface area contributed by atoms with E-state index in [0.717, 1.165) is 62.9 Å². The second kappa shape index (κ2) is 12.7. The number of hydrogen-bond acceptors (Lipinski definition) is 4. The zero-order chi connectivity index (χ0) is 29.1. The molecule has 3 aromatic rings. The normalized spacial score (nSPS) is 23.1. The summed E-state index contributed by atoms with van der Waals surface area (Å²) in [6.07, 6.45) is 5.65. The molecule has 5 nitrogen and oxygen atoms in total. The maximum Gasteiger partial charge on any atom is 0.242 e. The van der Waals surface area contributed by atoms with Gasteiger partial charge in [-0.1, -0.05) is 54.3 Å². The van der Waals surface area contributed by atoms with Crippen LogP contribution in [0, 0.1) is 23.5 Å². The number of hydrogen-bond donors (Lipinski definition) is 3. The molecule has 7 heteroatoms. The van der Waals surface area contributed by atoms with Crippen LogP contribution in [0.2, 0.25) is 0 Å². The van der Waals surface area contributed by atoms with Gasteiger partial charge in [0.1, 0.15) is 11.6 Å². The van der Waals surface area contributed by atoms with Gasteiger partial charge in [0.25, 0.3) is 0 Å². The van der Waals surface area contributed by atoms with E-state index in [1.165, 1.54) is 23.8 Å². The minimum absolute atomic E-state index is 0.221. The summed E-state index contributed by atoms with van der Waals surface area (Å²) in [4.78, 5) is 16.1. The number of amides is 1. The zero-order valence-corrected chi connectivity index (χ0v) is 23.8. The number of halogens is 2. The lowest BCUT2D eigenvalue weighted by atomic mass is 9.84. The molecule has 3 aromatic carbocycles. The Morgan fingerprint density at radius 1 is 1.05 bits per heavy atom. The predicted octanol–water partition coefficient (Wildman–Crippen LogP) is 5.31. The minimum atomic E-state index is -0.973. The Hall–Kier alpha value is -3.57. The minimum Gasteiger partial charge on any atom is -0.324 e. The van der Waals surface area contributed by atoms with Crippen molar-refractivity contribution in [1.29, 1.82) is 0 Å². The number of nitrogens with two attached hydrogens (primary N) is 1. The van der Waals surface area contributed by atoms with Crippen LogP contribution in [0.15, 0.2) is 66.7 Å². The van der Waals surface area contributed by atoms with Crippen LogP contribution in [0.25, 0.3) is 0 Å². The molecule has 7 rings (SSSR count). The van der Waals surface area contributed by atoms with Crippen LogP contribution in [0.3, 0.4) is 0 Å². The smallest absolute Gasteiger partial charge is 0.242 e. The quantitative estimate of drug-likeness (QED) is 0.306. The van der Waals surface area contributed by atoms with Crippen molar-refractivity contribution < 1.29 is 13.6 Å². The molecule has 2 fully saturated rings. The first-order valence-electron chi connectivity index (χ1n) is 15.1. The molecule has 2 bridgehead atoms. The predicted molar refractivity (Wildman–Crippen MR) is 162 cm³/mol. The fourth-order valence-electron chi connectivity index (χ4n) is 6.39. The highest BCUT2D eigenvalue weighted by Gasteiger charge is 2.31. The first kappa shape index (κ1) is 28.5. The highest BCUT2D eigenvalue weighted by atomic mass is 19.1. The highest BCUT2D eigenvalue weighted by Crippen LogP contribution is 2.41.